The molecule has 2 heterocycles. The normalized spacial score (nSPS) is 14.9. The van der Waals surface area contributed by atoms with Crippen LogP contribution in [0.4, 0.5) is 5.95 Å². The van der Waals surface area contributed by atoms with E-state index in [-0.39, 0.29) is 0 Å². The summed E-state index contributed by atoms with van der Waals surface area (Å²) < 4.78 is 23.5. The van der Waals surface area contributed by atoms with Crippen molar-refractivity contribution in [1.82, 2.24) is 14.8 Å². The Balaban J connectivity index is 1.94. The Labute approximate surface area is 190 Å². The molecule has 0 spiro atoms. The number of methoxy groups -OCH3 is 4. The molecule has 0 bridgehead atoms. The highest BCUT2D eigenvalue weighted by Crippen LogP contribution is 2.44. The number of nitrogens with zero attached hydrogens (tertiary/aromatic N) is 3. The van der Waals surface area contributed by atoms with E-state index in [1.54, 1.807) is 30.8 Å². The minimum Gasteiger partial charge on any atom is -0.497 e. The number of hydrogen-bond donors (Lipinski definition) is 2. The maximum Gasteiger partial charge on any atom is 0.248 e. The number of carbonyl (C=O) groups excluding carboxylic acids is 1. The Kier molecular flexibility index (Phi) is 5.82. The first-order valence-electron chi connectivity index (χ1n) is 10.1. The Morgan fingerprint density at radius 1 is 1.00 bits per heavy atom. The van der Waals surface area contributed by atoms with E-state index in [9.17, 15) is 4.79 Å². The molecule has 10 heteroatoms. The average Bonchev–Trinajstić information content (AvgIpc) is 3.25. The van der Waals surface area contributed by atoms with Crippen molar-refractivity contribution >= 4 is 11.9 Å². The summed E-state index contributed by atoms with van der Waals surface area (Å²) in [7, 11) is 6.21. The molecule has 0 unspecified atom stereocenters. The first kappa shape index (κ1) is 22.0. The third-order valence-corrected chi connectivity index (χ3v) is 5.48. The summed E-state index contributed by atoms with van der Waals surface area (Å²) in [6.07, 6.45) is 0. The highest BCUT2D eigenvalue weighted by molar-refractivity contribution is 5.95. The van der Waals surface area contributed by atoms with Crippen LogP contribution in [0.3, 0.4) is 0 Å². The molecule has 10 nitrogen and oxygen atoms in total. The summed E-state index contributed by atoms with van der Waals surface area (Å²) in [5.74, 6) is 2.45. The van der Waals surface area contributed by atoms with E-state index in [2.05, 4.69) is 10.3 Å². The molecule has 3 aromatic rings. The molecule has 2 aromatic carbocycles. The van der Waals surface area contributed by atoms with Crippen LogP contribution >= 0.6 is 0 Å². The summed E-state index contributed by atoms with van der Waals surface area (Å²) in [5.41, 5.74) is 8.08. The van der Waals surface area contributed by atoms with E-state index in [0.717, 1.165) is 5.56 Å². The summed E-state index contributed by atoms with van der Waals surface area (Å²) in [4.78, 5) is 17.2. The van der Waals surface area contributed by atoms with Gasteiger partial charge in [-0.2, -0.15) is 4.98 Å². The number of ether oxygens (including phenoxy) is 4. The summed E-state index contributed by atoms with van der Waals surface area (Å²) in [5, 5.41) is 7.85. The molecule has 1 atom stereocenters. The van der Waals surface area contributed by atoms with Crippen molar-refractivity contribution in [1.29, 1.82) is 0 Å². The fourth-order valence-corrected chi connectivity index (χ4v) is 3.91. The monoisotopic (exact) mass is 451 g/mol. The number of anilines is 1. The maximum atomic E-state index is 12.5. The predicted octanol–water partition coefficient (Wildman–Crippen LogP) is 2.75. The lowest BCUT2D eigenvalue weighted by atomic mass is 9.94. The molecule has 1 aromatic heterocycles. The van der Waals surface area contributed by atoms with Crippen LogP contribution < -0.4 is 30.0 Å². The number of fused-ring (bicyclic) bond motifs is 1. The van der Waals surface area contributed by atoms with Crippen LogP contribution in [0.15, 0.2) is 47.7 Å². The molecule has 0 fully saturated rings. The molecule has 1 amide bonds. The van der Waals surface area contributed by atoms with E-state index in [4.69, 9.17) is 29.8 Å². The molecular formula is C23H25N5O5. The van der Waals surface area contributed by atoms with E-state index in [1.165, 1.54) is 21.3 Å². The van der Waals surface area contributed by atoms with Gasteiger partial charge in [-0.05, 0) is 25.1 Å². The van der Waals surface area contributed by atoms with Crippen molar-refractivity contribution < 1.29 is 23.7 Å². The average molecular weight is 451 g/mol. The zero-order valence-corrected chi connectivity index (χ0v) is 19.0. The van der Waals surface area contributed by atoms with E-state index in [1.807, 2.05) is 24.3 Å². The van der Waals surface area contributed by atoms with Crippen molar-refractivity contribution in [2.24, 2.45) is 5.73 Å². The van der Waals surface area contributed by atoms with Crippen molar-refractivity contribution in [3.05, 3.63) is 53.2 Å². The van der Waals surface area contributed by atoms with Crippen LogP contribution in [0.2, 0.25) is 0 Å². The van der Waals surface area contributed by atoms with Crippen LogP contribution in [0.25, 0.3) is 11.4 Å². The van der Waals surface area contributed by atoms with Gasteiger partial charge in [0.25, 0.3) is 0 Å². The molecule has 33 heavy (non-hydrogen) atoms. The number of allylic oxidation sites excluding steroid dienone is 1. The van der Waals surface area contributed by atoms with Gasteiger partial charge in [0.2, 0.25) is 11.9 Å². The van der Waals surface area contributed by atoms with E-state index in [0.29, 0.717) is 51.6 Å². The summed E-state index contributed by atoms with van der Waals surface area (Å²) in [6.45, 7) is 1.77. The number of primary amides is 1. The highest BCUT2D eigenvalue weighted by atomic mass is 16.5. The van der Waals surface area contributed by atoms with Crippen molar-refractivity contribution in [2.45, 2.75) is 13.0 Å². The quantitative estimate of drug-likeness (QED) is 0.562. The molecule has 1 aliphatic heterocycles. The van der Waals surface area contributed by atoms with Gasteiger partial charge in [0.15, 0.2) is 17.3 Å². The van der Waals surface area contributed by atoms with Crippen molar-refractivity contribution in [3.8, 4) is 34.4 Å². The first-order valence-corrected chi connectivity index (χ1v) is 10.1. The van der Waals surface area contributed by atoms with Crippen LogP contribution in [0.1, 0.15) is 18.5 Å². The number of nitrogens with one attached hydrogen (secondary N) is 1. The molecule has 0 aliphatic carbocycles. The molecule has 172 valence electrons. The standard InChI is InChI=1S/C23H25N5O5/c1-12-19(21(24)29)20(15-10-17(32-4)18(33-5)11-16(15)31-3)28-23(25-12)26-22(27-28)13-7-6-8-14(9-13)30-2/h6-11,20H,1-5H3,(H2,24,29)(H,25,26,27)/t20-/m0/s1. The Hall–Kier alpha value is -4.21. The van der Waals surface area contributed by atoms with E-state index < -0.39 is 11.9 Å². The van der Waals surface area contributed by atoms with Crippen LogP contribution in [-0.4, -0.2) is 49.1 Å². The number of rotatable bonds is 7. The van der Waals surface area contributed by atoms with Gasteiger partial charge in [0, 0.05) is 22.9 Å². The zero-order chi connectivity index (χ0) is 23.7. The van der Waals surface area contributed by atoms with Gasteiger partial charge >= 0.3 is 0 Å². The van der Waals surface area contributed by atoms with Crippen molar-refractivity contribution in [2.75, 3.05) is 33.8 Å². The van der Waals surface area contributed by atoms with Crippen molar-refractivity contribution in [3.63, 3.8) is 0 Å². The minimum atomic E-state index is -0.708. The number of benzene rings is 2. The predicted molar refractivity (Wildman–Crippen MR) is 122 cm³/mol. The zero-order valence-electron chi connectivity index (χ0n) is 19.0. The Morgan fingerprint density at radius 3 is 2.33 bits per heavy atom. The van der Waals surface area contributed by atoms with Gasteiger partial charge in [-0.1, -0.05) is 12.1 Å². The van der Waals surface area contributed by atoms with E-state index >= 15 is 0 Å². The molecular weight excluding hydrogens is 426 g/mol. The minimum absolute atomic E-state index is 0.329. The third kappa shape index (κ3) is 3.79. The number of nitrogens with two attached hydrogens (primary N) is 1. The van der Waals surface area contributed by atoms with Gasteiger partial charge in [-0.15, -0.1) is 5.10 Å². The lowest BCUT2D eigenvalue weighted by molar-refractivity contribution is -0.115. The van der Waals surface area contributed by atoms with Gasteiger partial charge in [0.05, 0.1) is 34.0 Å². The topological polar surface area (TPSA) is 123 Å². The molecule has 0 saturated heterocycles. The number of hydrogen-bond acceptors (Lipinski definition) is 8. The molecule has 1 aliphatic rings. The Morgan fingerprint density at radius 2 is 1.70 bits per heavy atom. The van der Waals surface area contributed by atoms with Gasteiger partial charge in [-0.25, -0.2) is 4.68 Å². The summed E-state index contributed by atoms with van der Waals surface area (Å²) >= 11 is 0. The number of carbonyl (C=O) groups is 1. The van der Waals surface area contributed by atoms with Crippen LogP contribution in [0.5, 0.6) is 23.0 Å². The van der Waals surface area contributed by atoms with Gasteiger partial charge in [-0.3, -0.25) is 4.79 Å². The van der Waals surface area contributed by atoms with Crippen LogP contribution in [0, 0.1) is 0 Å². The SMILES string of the molecule is COc1cccc(-c2nc3n(n2)[C@@H](c2cc(OC)c(OC)cc2OC)C(C(N)=O)=C(C)N3)c1. The largest absolute Gasteiger partial charge is 0.497 e. The highest BCUT2D eigenvalue weighted by Gasteiger charge is 2.36. The number of aromatic nitrogens is 3. The maximum absolute atomic E-state index is 12.5. The lowest BCUT2D eigenvalue weighted by Crippen LogP contribution is -2.32. The summed E-state index contributed by atoms with van der Waals surface area (Å²) in [6, 6.07) is 10.2. The van der Waals surface area contributed by atoms with Crippen LogP contribution in [-0.2, 0) is 4.79 Å². The molecule has 0 saturated carbocycles. The first-order chi connectivity index (χ1) is 15.9. The Bertz CT molecular complexity index is 1250. The molecule has 3 N–H and O–H groups in total. The third-order valence-electron chi connectivity index (χ3n) is 5.48. The fraction of sp³-hybridized carbons (Fsp3) is 0.261. The molecule has 4 rings (SSSR count). The lowest BCUT2D eigenvalue weighted by Gasteiger charge is -2.29. The number of amides is 1. The fourth-order valence-electron chi connectivity index (χ4n) is 3.91. The van der Waals surface area contributed by atoms with Gasteiger partial charge in [0.1, 0.15) is 17.5 Å². The van der Waals surface area contributed by atoms with Gasteiger partial charge < -0.3 is 30.0 Å². The second-order valence-electron chi connectivity index (χ2n) is 7.32. The smallest absolute Gasteiger partial charge is 0.248 e. The second-order valence-corrected chi connectivity index (χ2v) is 7.32. The second kappa shape index (κ2) is 8.73. The molecule has 0 radical (unpaired) electrons.